The first kappa shape index (κ1) is 15.2. The molecule has 6 nitrogen and oxygen atoms in total. The van der Waals surface area contributed by atoms with Crippen molar-refractivity contribution in [2.24, 2.45) is 0 Å². The molecule has 18 heavy (non-hydrogen) atoms. The molecule has 0 bridgehead atoms. The molecule has 0 spiro atoms. The standard InChI is InChI=1S/C11H17BrN2O4/c1-2-14-4-8(12)3-9(14)10(18)13-11(5-15,6-16)7-17/h3-4,15-17H,2,5-7H2,1H3,(H,13,18). The number of carbonyl (C=O) groups is 1. The Morgan fingerprint density at radius 2 is 1.94 bits per heavy atom. The summed E-state index contributed by atoms with van der Waals surface area (Å²) in [5.41, 5.74) is -1.02. The van der Waals surface area contributed by atoms with E-state index in [1.807, 2.05) is 6.92 Å². The monoisotopic (exact) mass is 320 g/mol. The quantitative estimate of drug-likeness (QED) is 0.579. The van der Waals surface area contributed by atoms with Crippen molar-refractivity contribution in [1.82, 2.24) is 9.88 Å². The summed E-state index contributed by atoms with van der Waals surface area (Å²) in [6, 6.07) is 1.63. The summed E-state index contributed by atoms with van der Waals surface area (Å²) < 4.78 is 2.48. The first-order valence-corrected chi connectivity index (χ1v) is 6.32. The van der Waals surface area contributed by atoms with Gasteiger partial charge in [-0.2, -0.15) is 0 Å². The normalized spacial score (nSPS) is 11.6. The molecule has 4 N–H and O–H groups in total. The molecule has 1 aromatic heterocycles. The van der Waals surface area contributed by atoms with Gasteiger partial charge in [-0.1, -0.05) is 0 Å². The van der Waals surface area contributed by atoms with E-state index < -0.39 is 31.3 Å². The Labute approximate surface area is 113 Å². The van der Waals surface area contributed by atoms with E-state index in [0.29, 0.717) is 12.2 Å². The van der Waals surface area contributed by atoms with Crippen LogP contribution in [0.5, 0.6) is 0 Å². The number of nitrogens with zero attached hydrogens (tertiary/aromatic N) is 1. The zero-order chi connectivity index (χ0) is 13.8. The Morgan fingerprint density at radius 1 is 1.39 bits per heavy atom. The molecule has 1 rings (SSSR count). The van der Waals surface area contributed by atoms with E-state index >= 15 is 0 Å². The lowest BCUT2D eigenvalue weighted by molar-refractivity contribution is 0.0371. The second-order valence-electron chi connectivity index (χ2n) is 4.04. The van der Waals surface area contributed by atoms with Crippen LogP contribution >= 0.6 is 15.9 Å². The number of aliphatic hydroxyl groups excluding tert-OH is 3. The van der Waals surface area contributed by atoms with Crippen molar-refractivity contribution < 1.29 is 20.1 Å². The fourth-order valence-corrected chi connectivity index (χ4v) is 1.96. The van der Waals surface area contributed by atoms with Gasteiger partial charge in [0.2, 0.25) is 0 Å². The second kappa shape index (κ2) is 6.33. The minimum absolute atomic E-state index is 0.393. The number of amides is 1. The van der Waals surface area contributed by atoms with Crippen LogP contribution in [0.15, 0.2) is 16.7 Å². The predicted octanol–water partition coefficient (Wildman–Crippen LogP) is -0.284. The third kappa shape index (κ3) is 3.11. The summed E-state index contributed by atoms with van der Waals surface area (Å²) >= 11 is 3.27. The average Bonchev–Trinajstić information content (AvgIpc) is 2.77. The molecule has 0 saturated heterocycles. The van der Waals surface area contributed by atoms with Crippen LogP contribution in [0.3, 0.4) is 0 Å². The number of aromatic nitrogens is 1. The third-order valence-corrected chi connectivity index (χ3v) is 3.16. The molecule has 0 aliphatic carbocycles. The number of rotatable bonds is 6. The molecule has 1 heterocycles. The molecule has 1 amide bonds. The molecular weight excluding hydrogens is 304 g/mol. The summed E-state index contributed by atoms with van der Waals surface area (Å²) in [7, 11) is 0. The number of halogens is 1. The molecule has 0 aromatic carbocycles. The Balaban J connectivity index is 2.93. The van der Waals surface area contributed by atoms with E-state index in [1.54, 1.807) is 16.8 Å². The number of carbonyl (C=O) groups excluding carboxylic acids is 1. The van der Waals surface area contributed by atoms with E-state index in [2.05, 4.69) is 21.2 Å². The average molecular weight is 321 g/mol. The lowest BCUT2D eigenvalue weighted by atomic mass is 10.0. The lowest BCUT2D eigenvalue weighted by Gasteiger charge is -2.28. The fourth-order valence-electron chi connectivity index (χ4n) is 1.50. The van der Waals surface area contributed by atoms with Crippen LogP contribution in [-0.4, -0.2) is 51.2 Å². The van der Waals surface area contributed by atoms with Gasteiger partial charge in [0.15, 0.2) is 0 Å². The van der Waals surface area contributed by atoms with Gasteiger partial charge < -0.3 is 25.2 Å². The SMILES string of the molecule is CCn1cc(Br)cc1C(=O)NC(CO)(CO)CO. The molecule has 0 aliphatic heterocycles. The minimum Gasteiger partial charge on any atom is -0.394 e. The highest BCUT2D eigenvalue weighted by atomic mass is 79.9. The first-order valence-electron chi connectivity index (χ1n) is 5.52. The molecule has 102 valence electrons. The number of aliphatic hydroxyl groups is 3. The van der Waals surface area contributed by atoms with Crippen molar-refractivity contribution in [3.05, 3.63) is 22.4 Å². The van der Waals surface area contributed by atoms with Crippen LogP contribution in [0.4, 0.5) is 0 Å². The van der Waals surface area contributed by atoms with Crippen LogP contribution in [0.25, 0.3) is 0 Å². The molecule has 0 radical (unpaired) electrons. The Morgan fingerprint density at radius 3 is 2.39 bits per heavy atom. The predicted molar refractivity (Wildman–Crippen MR) is 69.3 cm³/mol. The van der Waals surface area contributed by atoms with Gasteiger partial charge in [-0.3, -0.25) is 4.79 Å². The zero-order valence-corrected chi connectivity index (χ0v) is 11.6. The van der Waals surface area contributed by atoms with E-state index in [0.717, 1.165) is 4.47 Å². The van der Waals surface area contributed by atoms with Gasteiger partial charge in [0.1, 0.15) is 11.2 Å². The van der Waals surface area contributed by atoms with Crippen molar-refractivity contribution in [2.45, 2.75) is 19.0 Å². The van der Waals surface area contributed by atoms with Gasteiger partial charge in [0, 0.05) is 17.2 Å². The summed E-state index contributed by atoms with van der Waals surface area (Å²) in [6.07, 6.45) is 1.76. The maximum absolute atomic E-state index is 12.0. The summed E-state index contributed by atoms with van der Waals surface area (Å²) in [6.45, 7) is 0.874. The molecule has 7 heteroatoms. The third-order valence-electron chi connectivity index (χ3n) is 2.72. The van der Waals surface area contributed by atoms with Crippen molar-refractivity contribution in [3.8, 4) is 0 Å². The van der Waals surface area contributed by atoms with Crippen molar-refractivity contribution >= 4 is 21.8 Å². The van der Waals surface area contributed by atoms with Gasteiger partial charge in [-0.05, 0) is 28.9 Å². The molecule has 0 unspecified atom stereocenters. The topological polar surface area (TPSA) is 94.7 Å². The highest BCUT2D eigenvalue weighted by molar-refractivity contribution is 9.10. The van der Waals surface area contributed by atoms with Crippen LogP contribution < -0.4 is 5.32 Å². The smallest absolute Gasteiger partial charge is 0.268 e. The van der Waals surface area contributed by atoms with Crippen LogP contribution in [0.2, 0.25) is 0 Å². The van der Waals surface area contributed by atoms with Crippen molar-refractivity contribution in [2.75, 3.05) is 19.8 Å². The van der Waals surface area contributed by atoms with Crippen LogP contribution in [0, 0.1) is 0 Å². The van der Waals surface area contributed by atoms with Gasteiger partial charge in [0.25, 0.3) is 5.91 Å². The summed E-state index contributed by atoms with van der Waals surface area (Å²) in [5, 5.41) is 29.9. The van der Waals surface area contributed by atoms with E-state index in [1.165, 1.54) is 0 Å². The fraction of sp³-hybridized carbons (Fsp3) is 0.545. The molecule has 1 aromatic rings. The highest BCUT2D eigenvalue weighted by Gasteiger charge is 2.31. The van der Waals surface area contributed by atoms with Crippen LogP contribution in [-0.2, 0) is 6.54 Å². The zero-order valence-electron chi connectivity index (χ0n) is 10.1. The number of nitrogens with one attached hydrogen (secondary N) is 1. The number of aryl methyl sites for hydroxylation is 1. The van der Waals surface area contributed by atoms with Gasteiger partial charge in [-0.15, -0.1) is 0 Å². The summed E-state index contributed by atoms with van der Waals surface area (Å²) in [4.78, 5) is 12.0. The largest absolute Gasteiger partial charge is 0.394 e. The van der Waals surface area contributed by atoms with Crippen molar-refractivity contribution in [1.29, 1.82) is 0 Å². The molecule has 0 fully saturated rings. The van der Waals surface area contributed by atoms with Gasteiger partial charge in [0.05, 0.1) is 19.8 Å². The maximum Gasteiger partial charge on any atom is 0.268 e. The molecular formula is C11H17BrN2O4. The Bertz CT molecular complexity index is 407. The van der Waals surface area contributed by atoms with E-state index in [9.17, 15) is 4.79 Å². The highest BCUT2D eigenvalue weighted by Crippen LogP contribution is 2.16. The van der Waals surface area contributed by atoms with E-state index in [4.69, 9.17) is 15.3 Å². The van der Waals surface area contributed by atoms with E-state index in [-0.39, 0.29) is 0 Å². The molecule has 0 saturated carbocycles. The number of hydrogen-bond donors (Lipinski definition) is 4. The lowest BCUT2D eigenvalue weighted by Crippen LogP contribution is -2.57. The number of hydrogen-bond acceptors (Lipinski definition) is 4. The second-order valence-corrected chi connectivity index (χ2v) is 4.95. The van der Waals surface area contributed by atoms with Crippen molar-refractivity contribution in [3.63, 3.8) is 0 Å². The Hall–Kier alpha value is -0.890. The van der Waals surface area contributed by atoms with Gasteiger partial charge in [-0.25, -0.2) is 0 Å². The maximum atomic E-state index is 12.0. The molecule has 0 aliphatic rings. The first-order chi connectivity index (χ1) is 8.51. The van der Waals surface area contributed by atoms with Crippen LogP contribution in [0.1, 0.15) is 17.4 Å². The Kier molecular flexibility index (Phi) is 5.33. The summed E-state index contributed by atoms with van der Waals surface area (Å²) in [5.74, 6) is -0.459. The molecule has 0 atom stereocenters. The minimum atomic E-state index is -1.41. The van der Waals surface area contributed by atoms with Gasteiger partial charge >= 0.3 is 0 Å².